The summed E-state index contributed by atoms with van der Waals surface area (Å²) in [4.78, 5) is 0. The van der Waals surface area contributed by atoms with Crippen LogP contribution >= 0.6 is 11.6 Å². The van der Waals surface area contributed by atoms with Crippen LogP contribution in [0.2, 0.25) is 5.02 Å². The van der Waals surface area contributed by atoms with Gasteiger partial charge >= 0.3 is 0 Å². The molecule has 1 atom stereocenters. The van der Waals surface area contributed by atoms with E-state index in [0.29, 0.717) is 5.92 Å². The van der Waals surface area contributed by atoms with Crippen molar-refractivity contribution in [3.05, 3.63) is 34.9 Å². The first-order chi connectivity index (χ1) is 8.33. The van der Waals surface area contributed by atoms with Crippen LogP contribution < -0.4 is 5.32 Å². The van der Waals surface area contributed by atoms with Gasteiger partial charge in [0.1, 0.15) is 0 Å². The fraction of sp³-hybridized carbons (Fsp3) is 0.600. The summed E-state index contributed by atoms with van der Waals surface area (Å²) >= 11 is 6.36. The molecule has 0 heterocycles. The molecule has 1 aliphatic rings. The first-order valence-electron chi connectivity index (χ1n) is 6.72. The summed E-state index contributed by atoms with van der Waals surface area (Å²) in [5.41, 5.74) is 1.36. The number of hydrogen-bond donors (Lipinski definition) is 1. The van der Waals surface area contributed by atoms with Crippen LogP contribution in [-0.2, 0) is 0 Å². The Morgan fingerprint density at radius 3 is 2.65 bits per heavy atom. The third-order valence-corrected chi connectivity index (χ3v) is 4.32. The van der Waals surface area contributed by atoms with E-state index in [1.807, 2.05) is 19.2 Å². The molecule has 1 aliphatic carbocycles. The molecule has 0 saturated heterocycles. The average molecular weight is 252 g/mol. The van der Waals surface area contributed by atoms with Crippen LogP contribution in [0.5, 0.6) is 0 Å². The van der Waals surface area contributed by atoms with Crippen LogP contribution in [0.1, 0.15) is 43.6 Å². The van der Waals surface area contributed by atoms with E-state index >= 15 is 0 Å². The maximum Gasteiger partial charge on any atom is 0.0440 e. The van der Waals surface area contributed by atoms with Crippen molar-refractivity contribution in [1.82, 2.24) is 5.32 Å². The molecule has 0 spiro atoms. The van der Waals surface area contributed by atoms with Crippen LogP contribution in [0.3, 0.4) is 0 Å². The van der Waals surface area contributed by atoms with Gasteiger partial charge in [0.05, 0.1) is 0 Å². The standard InChI is InChI=1S/C15H22ClN/c1-17-11-10-13(12-6-2-3-7-12)14-8-4-5-9-15(14)16/h4-5,8-9,12-13,17H,2-3,6-7,10-11H2,1H3. The van der Waals surface area contributed by atoms with E-state index in [1.165, 1.54) is 37.7 Å². The predicted molar refractivity (Wildman–Crippen MR) is 74.7 cm³/mol. The molecule has 94 valence electrons. The van der Waals surface area contributed by atoms with Crippen molar-refractivity contribution >= 4 is 11.6 Å². The van der Waals surface area contributed by atoms with E-state index in [4.69, 9.17) is 11.6 Å². The molecule has 1 fully saturated rings. The van der Waals surface area contributed by atoms with Gasteiger partial charge in [0.25, 0.3) is 0 Å². The second-order valence-corrected chi connectivity index (χ2v) is 5.47. The minimum atomic E-state index is 0.638. The summed E-state index contributed by atoms with van der Waals surface area (Å²) in [5, 5.41) is 4.21. The van der Waals surface area contributed by atoms with Gasteiger partial charge in [0.2, 0.25) is 0 Å². The molecule has 2 rings (SSSR count). The summed E-state index contributed by atoms with van der Waals surface area (Å²) in [6, 6.07) is 8.37. The smallest absolute Gasteiger partial charge is 0.0440 e. The fourth-order valence-electron chi connectivity index (χ4n) is 3.08. The number of rotatable bonds is 5. The third-order valence-electron chi connectivity index (χ3n) is 3.98. The van der Waals surface area contributed by atoms with Crippen molar-refractivity contribution in [2.45, 2.75) is 38.0 Å². The monoisotopic (exact) mass is 251 g/mol. The topological polar surface area (TPSA) is 12.0 Å². The van der Waals surface area contributed by atoms with E-state index < -0.39 is 0 Å². The van der Waals surface area contributed by atoms with Crippen molar-refractivity contribution in [3.63, 3.8) is 0 Å². The van der Waals surface area contributed by atoms with Crippen LogP contribution in [0.4, 0.5) is 0 Å². The molecule has 1 nitrogen and oxygen atoms in total. The van der Waals surface area contributed by atoms with Crippen molar-refractivity contribution < 1.29 is 0 Å². The highest BCUT2D eigenvalue weighted by atomic mass is 35.5. The normalized spacial score (nSPS) is 18.5. The molecule has 1 aromatic carbocycles. The van der Waals surface area contributed by atoms with E-state index in [-0.39, 0.29) is 0 Å². The van der Waals surface area contributed by atoms with Gasteiger partial charge in [-0.3, -0.25) is 0 Å². The SMILES string of the molecule is CNCCC(c1ccccc1Cl)C1CCCC1. The predicted octanol–water partition coefficient (Wildman–Crippen LogP) is 4.22. The second kappa shape index (κ2) is 6.42. The third kappa shape index (κ3) is 3.23. The highest BCUT2D eigenvalue weighted by Gasteiger charge is 2.27. The summed E-state index contributed by atoms with van der Waals surface area (Å²) in [5.74, 6) is 1.47. The lowest BCUT2D eigenvalue weighted by molar-refractivity contribution is 0.408. The van der Waals surface area contributed by atoms with Crippen molar-refractivity contribution in [3.8, 4) is 0 Å². The molecule has 17 heavy (non-hydrogen) atoms. The van der Waals surface area contributed by atoms with Gasteiger partial charge < -0.3 is 5.32 Å². The largest absolute Gasteiger partial charge is 0.320 e. The molecule has 1 saturated carbocycles. The van der Waals surface area contributed by atoms with Gasteiger partial charge in [-0.2, -0.15) is 0 Å². The highest BCUT2D eigenvalue weighted by Crippen LogP contribution is 2.41. The molecule has 0 radical (unpaired) electrons. The van der Waals surface area contributed by atoms with Crippen LogP contribution in [-0.4, -0.2) is 13.6 Å². The maximum atomic E-state index is 6.36. The van der Waals surface area contributed by atoms with Crippen LogP contribution in [0, 0.1) is 5.92 Å². The van der Waals surface area contributed by atoms with Gasteiger partial charge in [0.15, 0.2) is 0 Å². The van der Waals surface area contributed by atoms with Gasteiger partial charge in [-0.1, -0.05) is 42.6 Å². The zero-order valence-electron chi connectivity index (χ0n) is 10.6. The molecule has 1 N–H and O–H groups in total. The maximum absolute atomic E-state index is 6.36. The first kappa shape index (κ1) is 12.9. The lowest BCUT2D eigenvalue weighted by Crippen LogP contribution is -2.17. The Bertz CT molecular complexity index is 345. The Labute approximate surface area is 110 Å². The summed E-state index contributed by atoms with van der Waals surface area (Å²) < 4.78 is 0. The molecule has 0 amide bonds. The van der Waals surface area contributed by atoms with Gasteiger partial charge in [-0.15, -0.1) is 0 Å². The zero-order valence-corrected chi connectivity index (χ0v) is 11.3. The summed E-state index contributed by atoms with van der Waals surface area (Å²) in [6.07, 6.45) is 6.74. The minimum Gasteiger partial charge on any atom is -0.320 e. The van der Waals surface area contributed by atoms with E-state index in [1.54, 1.807) is 0 Å². The molecule has 1 aromatic rings. The van der Waals surface area contributed by atoms with E-state index in [0.717, 1.165) is 17.5 Å². The Kier molecular flexibility index (Phi) is 4.87. The van der Waals surface area contributed by atoms with Gasteiger partial charge in [-0.05, 0) is 56.3 Å². The van der Waals surface area contributed by atoms with Crippen molar-refractivity contribution in [2.24, 2.45) is 5.92 Å². The lowest BCUT2D eigenvalue weighted by Gasteiger charge is -2.24. The van der Waals surface area contributed by atoms with Crippen molar-refractivity contribution in [1.29, 1.82) is 0 Å². The van der Waals surface area contributed by atoms with Gasteiger partial charge in [-0.25, -0.2) is 0 Å². The molecule has 0 aliphatic heterocycles. The molecular weight excluding hydrogens is 230 g/mol. The molecular formula is C15H22ClN. The molecule has 1 unspecified atom stereocenters. The lowest BCUT2D eigenvalue weighted by atomic mass is 9.82. The fourth-order valence-corrected chi connectivity index (χ4v) is 3.36. The van der Waals surface area contributed by atoms with E-state index in [2.05, 4.69) is 17.4 Å². The highest BCUT2D eigenvalue weighted by molar-refractivity contribution is 6.31. The van der Waals surface area contributed by atoms with Gasteiger partial charge in [0, 0.05) is 5.02 Å². The number of benzene rings is 1. The van der Waals surface area contributed by atoms with Crippen LogP contribution in [0.15, 0.2) is 24.3 Å². The zero-order chi connectivity index (χ0) is 12.1. The second-order valence-electron chi connectivity index (χ2n) is 5.06. The molecule has 0 aromatic heterocycles. The first-order valence-corrected chi connectivity index (χ1v) is 7.09. The molecule has 0 bridgehead atoms. The minimum absolute atomic E-state index is 0.638. The number of halogens is 1. The Hall–Kier alpha value is -0.530. The van der Waals surface area contributed by atoms with Crippen molar-refractivity contribution in [2.75, 3.05) is 13.6 Å². The average Bonchev–Trinajstić information content (AvgIpc) is 2.85. The van der Waals surface area contributed by atoms with E-state index in [9.17, 15) is 0 Å². The molecule has 2 heteroatoms. The Morgan fingerprint density at radius 1 is 1.29 bits per heavy atom. The summed E-state index contributed by atoms with van der Waals surface area (Å²) in [6.45, 7) is 1.08. The Balaban J connectivity index is 2.16. The van der Waals surface area contributed by atoms with Crippen LogP contribution in [0.25, 0.3) is 0 Å². The number of nitrogens with one attached hydrogen (secondary N) is 1. The quantitative estimate of drug-likeness (QED) is 0.826. The number of hydrogen-bond acceptors (Lipinski definition) is 1. The Morgan fingerprint density at radius 2 is 2.00 bits per heavy atom. The summed E-state index contributed by atoms with van der Waals surface area (Å²) in [7, 11) is 2.03.